The number of carboxylic acid groups (broad SMARTS) is 2. The summed E-state index contributed by atoms with van der Waals surface area (Å²) < 4.78 is 11.2. The van der Waals surface area contributed by atoms with Gasteiger partial charge in [-0.2, -0.15) is 0 Å². The predicted molar refractivity (Wildman–Crippen MR) is 115 cm³/mol. The van der Waals surface area contributed by atoms with Crippen molar-refractivity contribution in [3.05, 3.63) is 51.6 Å². The molecule has 2 heterocycles. The van der Waals surface area contributed by atoms with Crippen molar-refractivity contribution in [1.29, 1.82) is 0 Å². The molecule has 0 radical (unpaired) electrons. The van der Waals surface area contributed by atoms with Crippen LogP contribution in [-0.4, -0.2) is 58.5 Å². The van der Waals surface area contributed by atoms with E-state index in [1.807, 2.05) is 6.92 Å². The van der Waals surface area contributed by atoms with E-state index in [2.05, 4.69) is 4.98 Å². The molecule has 0 bridgehead atoms. The van der Waals surface area contributed by atoms with Crippen molar-refractivity contribution in [3.8, 4) is 11.6 Å². The average Bonchev–Trinajstić information content (AvgIpc) is 2.72. The summed E-state index contributed by atoms with van der Waals surface area (Å²) in [6, 6.07) is 6.93. The third kappa shape index (κ3) is 5.71. The van der Waals surface area contributed by atoms with Gasteiger partial charge in [0.2, 0.25) is 5.88 Å². The van der Waals surface area contributed by atoms with Gasteiger partial charge in [0.25, 0.3) is 0 Å². The monoisotopic (exact) mass is 468 g/mol. The van der Waals surface area contributed by atoms with Crippen molar-refractivity contribution >= 4 is 35.3 Å². The number of amides is 1. The highest BCUT2D eigenvalue weighted by Gasteiger charge is 2.37. The SMILES string of the molecule is Cc1cc(Cl)c(OCCOc2ccc(C3CCN(C(=O)O)CC3C(=O)O)cn2)c(Cl)c1. The number of aryl methyl sites for hydroxylation is 1. The minimum atomic E-state index is -1.11. The van der Waals surface area contributed by atoms with Gasteiger partial charge in [0.15, 0.2) is 5.75 Å². The Labute approximate surface area is 189 Å². The van der Waals surface area contributed by atoms with Gasteiger partial charge in [-0.05, 0) is 36.6 Å². The van der Waals surface area contributed by atoms with Crippen LogP contribution in [0, 0.1) is 12.8 Å². The van der Waals surface area contributed by atoms with Crippen molar-refractivity contribution in [2.75, 3.05) is 26.3 Å². The van der Waals surface area contributed by atoms with E-state index in [-0.39, 0.29) is 32.2 Å². The zero-order chi connectivity index (χ0) is 22.5. The number of carbonyl (C=O) groups is 2. The second-order valence-electron chi connectivity index (χ2n) is 7.25. The Morgan fingerprint density at radius 3 is 2.42 bits per heavy atom. The van der Waals surface area contributed by atoms with E-state index in [0.717, 1.165) is 16.0 Å². The van der Waals surface area contributed by atoms with E-state index in [1.54, 1.807) is 30.5 Å². The van der Waals surface area contributed by atoms with Crippen LogP contribution in [0.3, 0.4) is 0 Å². The Hall–Kier alpha value is -2.71. The number of piperidine rings is 1. The van der Waals surface area contributed by atoms with Gasteiger partial charge in [-0.25, -0.2) is 9.78 Å². The molecule has 1 aromatic heterocycles. The van der Waals surface area contributed by atoms with Gasteiger partial charge in [0, 0.05) is 31.3 Å². The molecular formula is C21H22Cl2N2O6. The molecule has 1 fully saturated rings. The molecule has 2 atom stereocenters. The van der Waals surface area contributed by atoms with E-state index in [9.17, 15) is 14.7 Å². The standard InChI is InChI=1S/C21H22Cl2N2O6/c1-12-8-16(22)19(17(23)9-12)31-7-6-30-18-3-2-13(10-24-18)14-4-5-25(21(28)29)11-15(14)20(26)27/h2-3,8-10,14-15H,4-7,11H2,1H3,(H,26,27)(H,28,29). The number of aromatic nitrogens is 1. The number of rotatable bonds is 7. The molecule has 31 heavy (non-hydrogen) atoms. The van der Waals surface area contributed by atoms with Crippen LogP contribution in [-0.2, 0) is 4.79 Å². The Kier molecular flexibility index (Phi) is 7.46. The van der Waals surface area contributed by atoms with Crippen LogP contribution in [0.25, 0.3) is 0 Å². The number of hydrogen-bond acceptors (Lipinski definition) is 5. The highest BCUT2D eigenvalue weighted by Crippen LogP contribution is 2.35. The van der Waals surface area contributed by atoms with Gasteiger partial charge >= 0.3 is 12.1 Å². The fourth-order valence-electron chi connectivity index (χ4n) is 3.59. The molecule has 3 rings (SSSR count). The van der Waals surface area contributed by atoms with Gasteiger partial charge in [-0.3, -0.25) is 4.79 Å². The van der Waals surface area contributed by atoms with Crippen molar-refractivity contribution in [2.24, 2.45) is 5.92 Å². The summed E-state index contributed by atoms with van der Waals surface area (Å²) in [7, 11) is 0. The number of carboxylic acids is 1. The minimum absolute atomic E-state index is 0.0466. The van der Waals surface area contributed by atoms with Crippen molar-refractivity contribution < 1.29 is 29.3 Å². The van der Waals surface area contributed by atoms with Crippen molar-refractivity contribution in [1.82, 2.24) is 9.88 Å². The fraction of sp³-hybridized carbons (Fsp3) is 0.381. The number of hydrogen-bond donors (Lipinski definition) is 2. The second-order valence-corrected chi connectivity index (χ2v) is 8.07. The third-order valence-electron chi connectivity index (χ3n) is 5.11. The lowest BCUT2D eigenvalue weighted by Crippen LogP contribution is -2.45. The Balaban J connectivity index is 1.55. The van der Waals surface area contributed by atoms with Crippen molar-refractivity contribution in [2.45, 2.75) is 19.3 Å². The van der Waals surface area contributed by atoms with Crippen LogP contribution >= 0.6 is 23.2 Å². The average molecular weight is 469 g/mol. The van der Waals surface area contributed by atoms with E-state index < -0.39 is 18.0 Å². The quantitative estimate of drug-likeness (QED) is 0.582. The summed E-state index contributed by atoms with van der Waals surface area (Å²) in [5.41, 5.74) is 1.67. The summed E-state index contributed by atoms with van der Waals surface area (Å²) in [4.78, 5) is 28.2. The van der Waals surface area contributed by atoms with Crippen LogP contribution in [0.4, 0.5) is 4.79 Å². The zero-order valence-corrected chi connectivity index (χ0v) is 18.3. The number of pyridine rings is 1. The summed E-state index contributed by atoms with van der Waals surface area (Å²) >= 11 is 12.3. The first kappa shape index (κ1) is 23.0. The Bertz CT molecular complexity index is 930. The molecule has 8 nitrogen and oxygen atoms in total. The largest absolute Gasteiger partial charge is 0.487 e. The molecule has 1 aromatic carbocycles. The first-order valence-corrected chi connectivity index (χ1v) is 10.4. The van der Waals surface area contributed by atoms with Crippen molar-refractivity contribution in [3.63, 3.8) is 0 Å². The number of likely N-dealkylation sites (tertiary alicyclic amines) is 1. The first-order valence-electron chi connectivity index (χ1n) is 9.64. The topological polar surface area (TPSA) is 109 Å². The molecule has 166 valence electrons. The van der Waals surface area contributed by atoms with Gasteiger partial charge in [0.05, 0.1) is 16.0 Å². The molecule has 0 spiro atoms. The molecule has 10 heteroatoms. The lowest BCUT2D eigenvalue weighted by Gasteiger charge is -2.35. The summed E-state index contributed by atoms with van der Waals surface area (Å²) in [6.45, 7) is 2.54. The van der Waals surface area contributed by atoms with Crippen LogP contribution in [0.2, 0.25) is 10.0 Å². The molecule has 2 aromatic rings. The predicted octanol–water partition coefficient (Wildman–Crippen LogP) is 4.32. The van der Waals surface area contributed by atoms with Crippen LogP contribution in [0.5, 0.6) is 11.6 Å². The molecule has 0 saturated carbocycles. The molecule has 1 aliphatic rings. The zero-order valence-electron chi connectivity index (χ0n) is 16.8. The number of halogens is 2. The van der Waals surface area contributed by atoms with Gasteiger partial charge < -0.3 is 24.6 Å². The number of aliphatic carboxylic acids is 1. The molecule has 1 aliphatic heterocycles. The summed E-state index contributed by atoms with van der Waals surface area (Å²) in [5, 5.41) is 19.5. The molecular weight excluding hydrogens is 447 g/mol. The number of benzene rings is 1. The Morgan fingerprint density at radius 1 is 1.16 bits per heavy atom. The van der Waals surface area contributed by atoms with Crippen LogP contribution in [0.15, 0.2) is 30.5 Å². The molecule has 1 amide bonds. The van der Waals surface area contributed by atoms with Gasteiger partial charge in [-0.15, -0.1) is 0 Å². The highest BCUT2D eigenvalue weighted by molar-refractivity contribution is 6.37. The normalized spacial score (nSPS) is 18.5. The number of ether oxygens (including phenoxy) is 2. The Morgan fingerprint density at radius 2 is 1.84 bits per heavy atom. The highest BCUT2D eigenvalue weighted by atomic mass is 35.5. The van der Waals surface area contributed by atoms with Crippen LogP contribution in [0.1, 0.15) is 23.5 Å². The molecule has 1 saturated heterocycles. The van der Waals surface area contributed by atoms with Gasteiger partial charge in [-0.1, -0.05) is 29.3 Å². The molecule has 0 aliphatic carbocycles. The lowest BCUT2D eigenvalue weighted by molar-refractivity contribution is -0.144. The number of nitrogens with zero attached hydrogens (tertiary/aromatic N) is 2. The second kappa shape index (κ2) is 10.1. The fourth-order valence-corrected chi connectivity index (χ4v) is 4.29. The first-order chi connectivity index (χ1) is 14.8. The minimum Gasteiger partial charge on any atom is -0.487 e. The smallest absolute Gasteiger partial charge is 0.407 e. The van der Waals surface area contributed by atoms with Crippen LogP contribution < -0.4 is 9.47 Å². The van der Waals surface area contributed by atoms with E-state index in [0.29, 0.717) is 28.1 Å². The maximum atomic E-state index is 11.6. The maximum absolute atomic E-state index is 11.6. The third-order valence-corrected chi connectivity index (χ3v) is 5.67. The molecule has 2 N–H and O–H groups in total. The van der Waals surface area contributed by atoms with E-state index in [1.165, 1.54) is 0 Å². The lowest BCUT2D eigenvalue weighted by atomic mass is 9.81. The van der Waals surface area contributed by atoms with E-state index >= 15 is 0 Å². The molecule has 2 unspecified atom stereocenters. The van der Waals surface area contributed by atoms with Gasteiger partial charge in [0.1, 0.15) is 13.2 Å². The summed E-state index contributed by atoms with van der Waals surface area (Å²) in [6.07, 6.45) is 0.875. The summed E-state index contributed by atoms with van der Waals surface area (Å²) in [5.74, 6) is -1.40. The van der Waals surface area contributed by atoms with E-state index in [4.69, 9.17) is 37.8 Å². The maximum Gasteiger partial charge on any atom is 0.407 e.